The minimum atomic E-state index is 0.180. The molecule has 0 spiro atoms. The first-order valence-corrected chi connectivity index (χ1v) is 8.36. The van der Waals surface area contributed by atoms with E-state index in [0.29, 0.717) is 23.6 Å². The molecule has 2 aromatic rings. The molecule has 1 amide bonds. The highest BCUT2D eigenvalue weighted by molar-refractivity contribution is 5.83. The van der Waals surface area contributed by atoms with E-state index in [2.05, 4.69) is 22.3 Å². The van der Waals surface area contributed by atoms with Crippen molar-refractivity contribution in [1.82, 2.24) is 15.0 Å². The summed E-state index contributed by atoms with van der Waals surface area (Å²) in [5.41, 5.74) is 1.29. The topological polar surface area (TPSA) is 59.2 Å². The van der Waals surface area contributed by atoms with Crippen LogP contribution < -0.4 is 0 Å². The predicted octanol–water partition coefficient (Wildman–Crippen LogP) is 2.89. The maximum absolute atomic E-state index is 12.7. The van der Waals surface area contributed by atoms with E-state index in [1.165, 1.54) is 5.56 Å². The number of aryl methyl sites for hydroxylation is 1. The maximum Gasteiger partial charge on any atom is 0.229 e. The second-order valence-corrected chi connectivity index (χ2v) is 6.64. The third kappa shape index (κ3) is 2.87. The number of hydrogen-bond acceptors (Lipinski definition) is 4. The number of amides is 1. The molecule has 2 fully saturated rings. The summed E-state index contributed by atoms with van der Waals surface area (Å²) in [6.45, 7) is 3.42. The van der Waals surface area contributed by atoms with Gasteiger partial charge in [0, 0.05) is 24.9 Å². The van der Waals surface area contributed by atoms with E-state index in [4.69, 9.17) is 4.52 Å². The van der Waals surface area contributed by atoms with Crippen molar-refractivity contribution in [2.24, 2.45) is 5.92 Å². The average molecular weight is 311 g/mol. The van der Waals surface area contributed by atoms with Gasteiger partial charge in [0.1, 0.15) is 0 Å². The van der Waals surface area contributed by atoms with Crippen molar-refractivity contribution in [2.75, 3.05) is 13.1 Å². The summed E-state index contributed by atoms with van der Waals surface area (Å²) >= 11 is 0. The second kappa shape index (κ2) is 5.80. The van der Waals surface area contributed by atoms with Crippen LogP contribution in [0.1, 0.15) is 48.4 Å². The summed E-state index contributed by atoms with van der Waals surface area (Å²) in [5.74, 6) is 2.62. The Morgan fingerprint density at radius 1 is 1.22 bits per heavy atom. The van der Waals surface area contributed by atoms with Crippen LogP contribution in [0, 0.1) is 12.8 Å². The number of aromatic nitrogens is 2. The van der Waals surface area contributed by atoms with E-state index in [9.17, 15) is 4.79 Å². The fraction of sp³-hybridized carbons (Fsp3) is 0.500. The molecule has 2 atom stereocenters. The Hall–Kier alpha value is -2.17. The van der Waals surface area contributed by atoms with Crippen molar-refractivity contribution in [3.63, 3.8) is 0 Å². The normalized spacial score (nSPS) is 24.7. The molecule has 5 nitrogen and oxygen atoms in total. The summed E-state index contributed by atoms with van der Waals surface area (Å²) in [7, 11) is 0. The van der Waals surface area contributed by atoms with Gasteiger partial charge in [-0.1, -0.05) is 35.5 Å². The van der Waals surface area contributed by atoms with Crippen molar-refractivity contribution in [3.8, 4) is 0 Å². The monoisotopic (exact) mass is 311 g/mol. The van der Waals surface area contributed by atoms with Crippen molar-refractivity contribution in [2.45, 2.75) is 38.0 Å². The quantitative estimate of drug-likeness (QED) is 0.874. The lowest BCUT2D eigenvalue weighted by atomic mass is 9.96. The van der Waals surface area contributed by atoms with Gasteiger partial charge in [0.15, 0.2) is 5.82 Å². The van der Waals surface area contributed by atoms with Gasteiger partial charge in [-0.3, -0.25) is 4.79 Å². The van der Waals surface area contributed by atoms with Crippen LogP contribution in [0.4, 0.5) is 0 Å². The Balaban J connectivity index is 1.33. The standard InChI is InChI=1S/C18H21N3O2/c1-12-19-17(23-20-12)14-7-9-21(10-8-14)18(22)16-11-15(16)13-5-3-2-4-6-13/h2-6,14-16H,7-11H2,1H3. The molecule has 2 heterocycles. The van der Waals surface area contributed by atoms with Gasteiger partial charge in [-0.05, 0) is 37.7 Å². The molecule has 5 heteroatoms. The third-order valence-electron chi connectivity index (χ3n) is 5.03. The van der Waals surface area contributed by atoms with E-state index in [1.54, 1.807) is 0 Å². The van der Waals surface area contributed by atoms with E-state index in [1.807, 2.05) is 30.0 Å². The third-order valence-corrected chi connectivity index (χ3v) is 5.03. The van der Waals surface area contributed by atoms with Gasteiger partial charge < -0.3 is 9.42 Å². The Labute approximate surface area is 135 Å². The zero-order valence-corrected chi connectivity index (χ0v) is 13.3. The minimum absolute atomic E-state index is 0.180. The van der Waals surface area contributed by atoms with Crippen molar-refractivity contribution in [1.29, 1.82) is 0 Å². The molecule has 2 unspecified atom stereocenters. The molecule has 1 aromatic heterocycles. The van der Waals surface area contributed by atoms with Crippen LogP contribution in [0.25, 0.3) is 0 Å². The summed E-state index contributed by atoms with van der Waals surface area (Å²) in [4.78, 5) is 19.0. The number of likely N-dealkylation sites (tertiary alicyclic amines) is 1. The first-order chi connectivity index (χ1) is 11.2. The van der Waals surface area contributed by atoms with Gasteiger partial charge in [0.05, 0.1) is 0 Å². The molecule has 1 aliphatic heterocycles. The first kappa shape index (κ1) is 14.4. The van der Waals surface area contributed by atoms with E-state index >= 15 is 0 Å². The summed E-state index contributed by atoms with van der Waals surface area (Å²) in [5, 5.41) is 3.86. The highest BCUT2D eigenvalue weighted by Gasteiger charge is 2.46. The first-order valence-electron chi connectivity index (χ1n) is 8.36. The Bertz CT molecular complexity index is 689. The van der Waals surface area contributed by atoms with Gasteiger partial charge in [0.2, 0.25) is 11.8 Å². The van der Waals surface area contributed by atoms with Crippen LogP contribution in [0.5, 0.6) is 0 Å². The van der Waals surface area contributed by atoms with Gasteiger partial charge in [-0.2, -0.15) is 4.98 Å². The molecule has 1 aliphatic carbocycles. The average Bonchev–Trinajstić information content (AvgIpc) is 3.29. The fourth-order valence-electron chi connectivity index (χ4n) is 3.60. The number of rotatable bonds is 3. The van der Waals surface area contributed by atoms with E-state index < -0.39 is 0 Å². The Morgan fingerprint density at radius 2 is 1.96 bits per heavy atom. The summed E-state index contributed by atoms with van der Waals surface area (Å²) in [6, 6.07) is 10.4. The molecule has 0 bridgehead atoms. The molecule has 0 N–H and O–H groups in total. The fourth-order valence-corrected chi connectivity index (χ4v) is 3.60. The second-order valence-electron chi connectivity index (χ2n) is 6.64. The van der Waals surface area contributed by atoms with Gasteiger partial charge in [0.25, 0.3) is 0 Å². The highest BCUT2D eigenvalue weighted by Crippen LogP contribution is 2.48. The van der Waals surface area contributed by atoms with Crippen LogP contribution in [-0.2, 0) is 4.79 Å². The lowest BCUT2D eigenvalue weighted by Gasteiger charge is -2.30. The Kier molecular flexibility index (Phi) is 3.63. The SMILES string of the molecule is Cc1noc(C2CCN(C(=O)C3CC3c3ccccc3)CC2)n1. The van der Waals surface area contributed by atoms with Crippen LogP contribution >= 0.6 is 0 Å². The van der Waals surface area contributed by atoms with Gasteiger partial charge >= 0.3 is 0 Å². The molecular weight excluding hydrogens is 290 g/mol. The van der Waals surface area contributed by atoms with Crippen molar-refractivity contribution in [3.05, 3.63) is 47.6 Å². The van der Waals surface area contributed by atoms with Crippen molar-refractivity contribution < 1.29 is 9.32 Å². The molecule has 4 rings (SSSR count). The van der Waals surface area contributed by atoms with E-state index in [-0.39, 0.29) is 5.92 Å². The number of carbonyl (C=O) groups excluding carboxylic acids is 1. The van der Waals surface area contributed by atoms with Crippen LogP contribution in [0.3, 0.4) is 0 Å². The van der Waals surface area contributed by atoms with Gasteiger partial charge in [-0.25, -0.2) is 0 Å². The Morgan fingerprint density at radius 3 is 2.61 bits per heavy atom. The number of piperidine rings is 1. The van der Waals surface area contributed by atoms with Gasteiger partial charge in [-0.15, -0.1) is 0 Å². The predicted molar refractivity (Wildman–Crippen MR) is 84.9 cm³/mol. The van der Waals surface area contributed by atoms with Crippen LogP contribution in [0.2, 0.25) is 0 Å². The minimum Gasteiger partial charge on any atom is -0.342 e. The molecule has 23 heavy (non-hydrogen) atoms. The molecule has 0 radical (unpaired) electrons. The molecule has 2 aliphatic rings. The number of nitrogens with zero attached hydrogens (tertiary/aromatic N) is 3. The van der Waals surface area contributed by atoms with Crippen molar-refractivity contribution >= 4 is 5.91 Å². The largest absolute Gasteiger partial charge is 0.342 e. The summed E-state index contributed by atoms with van der Waals surface area (Å²) < 4.78 is 5.27. The molecule has 1 aromatic carbocycles. The lowest BCUT2D eigenvalue weighted by Crippen LogP contribution is -2.39. The van der Waals surface area contributed by atoms with E-state index in [0.717, 1.165) is 38.2 Å². The number of hydrogen-bond donors (Lipinski definition) is 0. The zero-order valence-electron chi connectivity index (χ0n) is 13.3. The maximum atomic E-state index is 12.7. The molecular formula is C18H21N3O2. The lowest BCUT2D eigenvalue weighted by molar-refractivity contribution is -0.133. The highest BCUT2D eigenvalue weighted by atomic mass is 16.5. The molecule has 1 saturated carbocycles. The number of benzene rings is 1. The number of carbonyl (C=O) groups is 1. The van der Waals surface area contributed by atoms with Crippen LogP contribution in [-0.4, -0.2) is 34.0 Å². The molecule has 120 valence electrons. The summed E-state index contributed by atoms with van der Waals surface area (Å²) in [6.07, 6.45) is 2.82. The smallest absolute Gasteiger partial charge is 0.229 e. The van der Waals surface area contributed by atoms with Crippen LogP contribution in [0.15, 0.2) is 34.9 Å². The zero-order chi connectivity index (χ0) is 15.8. The molecule has 1 saturated heterocycles.